The van der Waals surface area contributed by atoms with Gasteiger partial charge < -0.3 is 5.11 Å². The van der Waals surface area contributed by atoms with Gasteiger partial charge >= 0.3 is 6.18 Å². The summed E-state index contributed by atoms with van der Waals surface area (Å²) in [7, 11) is 0. The fraction of sp³-hybridized carbons (Fsp3) is 0.455. The number of aliphatic hydroxyl groups is 1. The summed E-state index contributed by atoms with van der Waals surface area (Å²) in [4.78, 5) is 2.33. The molecule has 2 aliphatic rings. The molecule has 2 atom stereocenters. The van der Waals surface area contributed by atoms with Crippen LogP contribution in [0.25, 0.3) is 0 Å². The van der Waals surface area contributed by atoms with E-state index in [9.17, 15) is 22.7 Å². The number of hydrogen-bond donors (Lipinski definition) is 1. The second-order valence-electron chi connectivity index (χ2n) is 8.03. The standard InChI is InChI=1S/C22H23F4NO/c23-20-10-9-16(22(24,25)26)11-19(20)21(28)12-17-7-4-8-18(13-21)27(17)14-15-5-2-1-3-6-15/h1-3,5-6,9-11,17-18,28H,4,7-8,12-14H2. The number of nitrogens with zero attached hydrogens (tertiary/aromatic N) is 1. The minimum atomic E-state index is -4.57. The molecule has 0 aromatic heterocycles. The molecular weight excluding hydrogens is 370 g/mol. The van der Waals surface area contributed by atoms with Crippen LogP contribution >= 0.6 is 0 Å². The number of alkyl halides is 3. The summed E-state index contributed by atoms with van der Waals surface area (Å²) in [6.45, 7) is 0.733. The lowest BCUT2D eigenvalue weighted by Gasteiger charge is -2.52. The molecule has 0 saturated carbocycles. The molecule has 6 heteroatoms. The van der Waals surface area contributed by atoms with E-state index in [4.69, 9.17) is 0 Å². The number of rotatable bonds is 3. The van der Waals surface area contributed by atoms with Crippen LogP contribution in [0.2, 0.25) is 0 Å². The number of fused-ring (bicyclic) bond motifs is 2. The van der Waals surface area contributed by atoms with E-state index in [0.717, 1.165) is 49.6 Å². The molecule has 2 aliphatic heterocycles. The van der Waals surface area contributed by atoms with Crippen molar-refractivity contribution >= 4 is 0 Å². The van der Waals surface area contributed by atoms with E-state index in [2.05, 4.69) is 4.90 Å². The minimum absolute atomic E-state index is 0.0200. The summed E-state index contributed by atoms with van der Waals surface area (Å²) in [5.74, 6) is -0.773. The Kier molecular flexibility index (Phi) is 4.96. The molecule has 150 valence electrons. The molecule has 2 heterocycles. The monoisotopic (exact) mass is 393 g/mol. The molecule has 0 amide bonds. The summed E-state index contributed by atoms with van der Waals surface area (Å²) in [6, 6.07) is 12.4. The maximum absolute atomic E-state index is 14.5. The van der Waals surface area contributed by atoms with Crippen LogP contribution in [0.5, 0.6) is 0 Å². The van der Waals surface area contributed by atoms with E-state index < -0.39 is 23.2 Å². The Morgan fingerprint density at radius 2 is 1.64 bits per heavy atom. The lowest BCUT2D eigenvalue weighted by Crippen LogP contribution is -2.56. The third-order valence-corrected chi connectivity index (χ3v) is 6.16. The lowest BCUT2D eigenvalue weighted by atomic mass is 9.72. The van der Waals surface area contributed by atoms with E-state index in [-0.39, 0.29) is 30.5 Å². The van der Waals surface area contributed by atoms with E-state index in [1.54, 1.807) is 0 Å². The highest BCUT2D eigenvalue weighted by molar-refractivity contribution is 5.33. The molecule has 1 N–H and O–H groups in total. The summed E-state index contributed by atoms with van der Waals surface area (Å²) in [5, 5.41) is 11.3. The normalized spacial score (nSPS) is 28.3. The third kappa shape index (κ3) is 3.67. The van der Waals surface area contributed by atoms with Gasteiger partial charge in [-0.2, -0.15) is 13.2 Å². The fourth-order valence-corrected chi connectivity index (χ4v) is 4.85. The van der Waals surface area contributed by atoms with Crippen molar-refractivity contribution in [3.05, 3.63) is 71.0 Å². The largest absolute Gasteiger partial charge is 0.416 e. The van der Waals surface area contributed by atoms with Gasteiger partial charge in [0.1, 0.15) is 5.82 Å². The van der Waals surface area contributed by atoms with Gasteiger partial charge in [0.25, 0.3) is 0 Å². The van der Waals surface area contributed by atoms with Gasteiger partial charge in [-0.3, -0.25) is 4.90 Å². The van der Waals surface area contributed by atoms with Crippen molar-refractivity contribution in [3.63, 3.8) is 0 Å². The Labute approximate surface area is 161 Å². The molecule has 2 fully saturated rings. The van der Waals surface area contributed by atoms with Crippen molar-refractivity contribution in [2.75, 3.05) is 0 Å². The smallest absolute Gasteiger partial charge is 0.385 e. The summed E-state index contributed by atoms with van der Waals surface area (Å²) >= 11 is 0. The van der Waals surface area contributed by atoms with Crippen LogP contribution in [-0.4, -0.2) is 22.1 Å². The first-order valence-corrected chi connectivity index (χ1v) is 9.65. The lowest BCUT2D eigenvalue weighted by molar-refractivity contribution is -0.138. The zero-order chi connectivity index (χ0) is 19.9. The van der Waals surface area contributed by atoms with Crippen LogP contribution in [0.1, 0.15) is 48.8 Å². The second kappa shape index (κ2) is 7.16. The second-order valence-corrected chi connectivity index (χ2v) is 8.03. The van der Waals surface area contributed by atoms with Crippen LogP contribution in [0.15, 0.2) is 48.5 Å². The molecule has 2 aromatic rings. The van der Waals surface area contributed by atoms with Gasteiger partial charge in [0.2, 0.25) is 0 Å². The Morgan fingerprint density at radius 1 is 1.00 bits per heavy atom. The quantitative estimate of drug-likeness (QED) is 0.720. The van der Waals surface area contributed by atoms with Crippen molar-refractivity contribution in [2.45, 2.75) is 62.5 Å². The van der Waals surface area contributed by atoms with Gasteiger partial charge in [0, 0.05) is 24.2 Å². The van der Waals surface area contributed by atoms with Crippen molar-refractivity contribution in [2.24, 2.45) is 0 Å². The average molecular weight is 393 g/mol. The summed E-state index contributed by atoms with van der Waals surface area (Å²) in [6.07, 6.45) is -1.36. The molecule has 0 aliphatic carbocycles. The molecule has 2 unspecified atom stereocenters. The van der Waals surface area contributed by atoms with Crippen molar-refractivity contribution in [1.29, 1.82) is 0 Å². The van der Waals surface area contributed by atoms with Gasteiger partial charge in [0.05, 0.1) is 11.2 Å². The van der Waals surface area contributed by atoms with E-state index in [1.807, 2.05) is 30.3 Å². The van der Waals surface area contributed by atoms with Gasteiger partial charge in [0.15, 0.2) is 0 Å². The van der Waals surface area contributed by atoms with Crippen LogP contribution in [-0.2, 0) is 18.3 Å². The number of piperidine rings is 2. The Morgan fingerprint density at radius 3 is 2.25 bits per heavy atom. The first-order chi connectivity index (χ1) is 13.3. The third-order valence-electron chi connectivity index (χ3n) is 6.16. The molecular formula is C22H23F4NO. The Balaban J connectivity index is 1.63. The topological polar surface area (TPSA) is 23.5 Å². The fourth-order valence-electron chi connectivity index (χ4n) is 4.85. The predicted octanol–water partition coefficient (Wildman–Crippen LogP) is 5.25. The van der Waals surface area contributed by atoms with Crippen LogP contribution in [0.3, 0.4) is 0 Å². The summed E-state index contributed by atoms with van der Waals surface area (Å²) < 4.78 is 53.8. The molecule has 0 radical (unpaired) electrons. The Hall–Kier alpha value is -1.92. The molecule has 0 spiro atoms. The van der Waals surface area contributed by atoms with E-state index in [1.165, 1.54) is 0 Å². The van der Waals surface area contributed by atoms with Gasteiger partial charge in [-0.05, 0) is 49.4 Å². The maximum Gasteiger partial charge on any atom is 0.416 e. The molecule has 4 rings (SSSR count). The predicted molar refractivity (Wildman–Crippen MR) is 97.9 cm³/mol. The van der Waals surface area contributed by atoms with E-state index >= 15 is 0 Å². The Bertz CT molecular complexity index is 822. The molecule has 2 aromatic carbocycles. The average Bonchev–Trinajstić information content (AvgIpc) is 2.63. The molecule has 2 bridgehead atoms. The number of benzene rings is 2. The maximum atomic E-state index is 14.5. The van der Waals surface area contributed by atoms with Crippen LogP contribution in [0, 0.1) is 5.82 Å². The number of hydrogen-bond acceptors (Lipinski definition) is 2. The SMILES string of the molecule is OC1(c2cc(C(F)(F)F)ccc2F)CC2CCCC(C1)N2Cc1ccccc1. The molecule has 2 saturated heterocycles. The first kappa shape index (κ1) is 19.4. The highest BCUT2D eigenvalue weighted by Gasteiger charge is 2.47. The zero-order valence-electron chi connectivity index (χ0n) is 15.4. The molecule has 2 nitrogen and oxygen atoms in total. The van der Waals surface area contributed by atoms with Crippen LogP contribution < -0.4 is 0 Å². The minimum Gasteiger partial charge on any atom is -0.385 e. The van der Waals surface area contributed by atoms with E-state index in [0.29, 0.717) is 0 Å². The van der Waals surface area contributed by atoms with Crippen molar-refractivity contribution < 1.29 is 22.7 Å². The first-order valence-electron chi connectivity index (χ1n) is 9.65. The molecule has 28 heavy (non-hydrogen) atoms. The highest BCUT2D eigenvalue weighted by atomic mass is 19.4. The van der Waals surface area contributed by atoms with Gasteiger partial charge in [-0.25, -0.2) is 4.39 Å². The van der Waals surface area contributed by atoms with Crippen molar-refractivity contribution in [3.8, 4) is 0 Å². The van der Waals surface area contributed by atoms with Gasteiger partial charge in [-0.1, -0.05) is 36.8 Å². The van der Waals surface area contributed by atoms with Crippen molar-refractivity contribution in [1.82, 2.24) is 4.90 Å². The number of halogens is 4. The highest BCUT2D eigenvalue weighted by Crippen LogP contribution is 2.46. The summed E-state index contributed by atoms with van der Waals surface area (Å²) in [5.41, 5.74) is -1.56. The van der Waals surface area contributed by atoms with Crippen LogP contribution in [0.4, 0.5) is 17.6 Å². The van der Waals surface area contributed by atoms with Gasteiger partial charge in [-0.15, -0.1) is 0 Å². The zero-order valence-corrected chi connectivity index (χ0v) is 15.4.